The summed E-state index contributed by atoms with van der Waals surface area (Å²) < 4.78 is 5.57. The number of carbonyl (C=O) groups excluding carboxylic acids is 2. The molecule has 1 N–H and O–H groups in total. The number of hydrogen-bond donors (Lipinski definition) is 1. The van der Waals surface area contributed by atoms with Crippen LogP contribution in [-0.4, -0.2) is 35.0 Å². The molecule has 1 aromatic rings. The Kier molecular flexibility index (Phi) is 4.94. The number of esters is 1. The van der Waals surface area contributed by atoms with E-state index in [1.165, 1.54) is 19.3 Å². The average Bonchev–Trinajstić information content (AvgIpc) is 2.73. The number of hydrogen-bond acceptors (Lipinski definition) is 4. The third-order valence-electron chi connectivity index (χ3n) is 3.64. The molecule has 0 unspecified atom stereocenters. The van der Waals surface area contributed by atoms with Crippen molar-refractivity contribution in [3.63, 3.8) is 0 Å². The van der Waals surface area contributed by atoms with Crippen LogP contribution in [0.5, 0.6) is 5.75 Å². The molecule has 1 aromatic carbocycles. The standard InChI is InChI=1S/C17H18BrNO4/c1-9(2)19-10(3)15(17(22)23-4)13(16(19)21)8-11-7-12(18)5-6-14(11)20/h5-9,20H,1-4H3/b13-8-. The van der Waals surface area contributed by atoms with Crippen LogP contribution in [0, 0.1) is 0 Å². The second-order valence-corrected chi connectivity index (χ2v) is 6.40. The molecule has 0 saturated heterocycles. The highest BCUT2D eigenvalue weighted by Crippen LogP contribution is 2.34. The van der Waals surface area contributed by atoms with Gasteiger partial charge in [-0.05, 0) is 45.0 Å². The molecule has 0 saturated carbocycles. The van der Waals surface area contributed by atoms with Crippen molar-refractivity contribution in [3.05, 3.63) is 45.1 Å². The molecule has 1 aliphatic heterocycles. The molecule has 0 aliphatic carbocycles. The van der Waals surface area contributed by atoms with E-state index in [4.69, 9.17) is 4.74 Å². The summed E-state index contributed by atoms with van der Waals surface area (Å²) in [6.45, 7) is 5.46. The van der Waals surface area contributed by atoms with Gasteiger partial charge in [0, 0.05) is 21.8 Å². The summed E-state index contributed by atoms with van der Waals surface area (Å²) in [6, 6.07) is 4.79. The second-order valence-electron chi connectivity index (χ2n) is 5.48. The molecule has 5 nitrogen and oxygen atoms in total. The molecule has 2 rings (SSSR count). The summed E-state index contributed by atoms with van der Waals surface area (Å²) in [7, 11) is 1.28. The van der Waals surface area contributed by atoms with Crippen LogP contribution in [0.2, 0.25) is 0 Å². The molecular formula is C17H18BrNO4. The molecule has 0 atom stereocenters. The summed E-state index contributed by atoms with van der Waals surface area (Å²) in [5.74, 6) is -0.824. The maximum Gasteiger partial charge on any atom is 0.340 e. The van der Waals surface area contributed by atoms with Crippen LogP contribution in [0.25, 0.3) is 6.08 Å². The minimum absolute atomic E-state index is 0.0263. The number of carbonyl (C=O) groups is 2. The van der Waals surface area contributed by atoms with Gasteiger partial charge in [0.2, 0.25) is 0 Å². The highest BCUT2D eigenvalue weighted by atomic mass is 79.9. The van der Waals surface area contributed by atoms with E-state index in [9.17, 15) is 14.7 Å². The fraction of sp³-hybridized carbons (Fsp3) is 0.294. The molecule has 1 aliphatic rings. The molecule has 0 bridgehead atoms. The number of nitrogens with zero attached hydrogens (tertiary/aromatic N) is 1. The predicted molar refractivity (Wildman–Crippen MR) is 90.5 cm³/mol. The number of amides is 1. The molecule has 0 aromatic heterocycles. The quantitative estimate of drug-likeness (QED) is 0.646. The summed E-state index contributed by atoms with van der Waals surface area (Å²) in [4.78, 5) is 26.4. The monoisotopic (exact) mass is 379 g/mol. The van der Waals surface area contributed by atoms with Crippen LogP contribution in [-0.2, 0) is 14.3 Å². The first-order valence-electron chi connectivity index (χ1n) is 7.11. The molecular weight excluding hydrogens is 362 g/mol. The van der Waals surface area contributed by atoms with Crippen LogP contribution in [0.1, 0.15) is 26.3 Å². The maximum atomic E-state index is 12.7. The van der Waals surface area contributed by atoms with Crippen molar-refractivity contribution in [1.29, 1.82) is 0 Å². The molecule has 6 heteroatoms. The number of methoxy groups -OCH3 is 1. The third kappa shape index (κ3) is 3.17. The van der Waals surface area contributed by atoms with Gasteiger partial charge >= 0.3 is 5.97 Å². The van der Waals surface area contributed by atoms with Gasteiger partial charge in [0.05, 0.1) is 18.3 Å². The fourth-order valence-electron chi connectivity index (χ4n) is 2.62. The van der Waals surface area contributed by atoms with Crippen LogP contribution >= 0.6 is 15.9 Å². The van der Waals surface area contributed by atoms with Crippen molar-refractivity contribution in [1.82, 2.24) is 4.90 Å². The number of halogens is 1. The zero-order chi connectivity index (χ0) is 17.3. The van der Waals surface area contributed by atoms with Crippen LogP contribution in [0.15, 0.2) is 39.5 Å². The minimum Gasteiger partial charge on any atom is -0.507 e. The minimum atomic E-state index is -0.570. The zero-order valence-electron chi connectivity index (χ0n) is 13.4. The van der Waals surface area contributed by atoms with E-state index in [0.29, 0.717) is 11.3 Å². The number of phenols is 1. The van der Waals surface area contributed by atoms with E-state index in [-0.39, 0.29) is 28.8 Å². The van der Waals surface area contributed by atoms with E-state index < -0.39 is 5.97 Å². The predicted octanol–water partition coefficient (Wildman–Crippen LogP) is 3.24. The first kappa shape index (κ1) is 17.3. The molecule has 0 radical (unpaired) electrons. The maximum absolute atomic E-state index is 12.7. The first-order valence-corrected chi connectivity index (χ1v) is 7.90. The summed E-state index contributed by atoms with van der Waals surface area (Å²) >= 11 is 3.33. The third-order valence-corrected chi connectivity index (χ3v) is 4.13. The van der Waals surface area contributed by atoms with Gasteiger partial charge in [0.25, 0.3) is 5.91 Å². The topological polar surface area (TPSA) is 66.8 Å². The van der Waals surface area contributed by atoms with Gasteiger partial charge in [-0.25, -0.2) is 4.79 Å². The van der Waals surface area contributed by atoms with Crippen LogP contribution in [0.4, 0.5) is 0 Å². The smallest absolute Gasteiger partial charge is 0.340 e. The number of allylic oxidation sites excluding steroid dienone is 1. The molecule has 0 fully saturated rings. The van der Waals surface area contributed by atoms with Gasteiger partial charge < -0.3 is 14.7 Å². The normalized spacial score (nSPS) is 16.7. The highest BCUT2D eigenvalue weighted by molar-refractivity contribution is 9.10. The molecule has 1 amide bonds. The van der Waals surface area contributed by atoms with Gasteiger partial charge in [-0.2, -0.15) is 0 Å². The molecule has 1 heterocycles. The Morgan fingerprint density at radius 1 is 1.39 bits per heavy atom. The highest BCUT2D eigenvalue weighted by Gasteiger charge is 2.38. The van der Waals surface area contributed by atoms with Crippen molar-refractivity contribution in [2.45, 2.75) is 26.8 Å². The van der Waals surface area contributed by atoms with Gasteiger partial charge in [-0.1, -0.05) is 15.9 Å². The van der Waals surface area contributed by atoms with E-state index >= 15 is 0 Å². The van der Waals surface area contributed by atoms with E-state index in [1.807, 2.05) is 13.8 Å². The van der Waals surface area contributed by atoms with E-state index in [2.05, 4.69) is 15.9 Å². The Morgan fingerprint density at radius 3 is 2.61 bits per heavy atom. The Balaban J connectivity index is 2.63. The van der Waals surface area contributed by atoms with Crippen LogP contribution in [0.3, 0.4) is 0 Å². The summed E-state index contributed by atoms with van der Waals surface area (Å²) in [5.41, 5.74) is 1.45. The van der Waals surface area contributed by atoms with Gasteiger partial charge in [0.1, 0.15) is 5.75 Å². The number of rotatable bonds is 3. The van der Waals surface area contributed by atoms with Gasteiger partial charge in [-0.15, -0.1) is 0 Å². The molecule has 0 spiro atoms. The Hall–Kier alpha value is -2.08. The van der Waals surface area contributed by atoms with Crippen molar-refractivity contribution in [3.8, 4) is 5.75 Å². The van der Waals surface area contributed by atoms with Crippen molar-refractivity contribution < 1.29 is 19.4 Å². The number of benzene rings is 1. The number of aromatic hydroxyl groups is 1. The Morgan fingerprint density at radius 2 is 2.04 bits per heavy atom. The average molecular weight is 380 g/mol. The number of ether oxygens (including phenoxy) is 1. The second kappa shape index (κ2) is 6.58. The lowest BCUT2D eigenvalue weighted by Crippen LogP contribution is -2.31. The molecule has 23 heavy (non-hydrogen) atoms. The van der Waals surface area contributed by atoms with Gasteiger partial charge in [-0.3, -0.25) is 4.79 Å². The van der Waals surface area contributed by atoms with Crippen molar-refractivity contribution in [2.24, 2.45) is 0 Å². The lowest BCUT2D eigenvalue weighted by molar-refractivity contribution is -0.136. The van der Waals surface area contributed by atoms with Crippen molar-refractivity contribution in [2.75, 3.05) is 7.11 Å². The zero-order valence-corrected chi connectivity index (χ0v) is 15.0. The van der Waals surface area contributed by atoms with Gasteiger partial charge in [0.15, 0.2) is 0 Å². The lowest BCUT2D eigenvalue weighted by Gasteiger charge is -2.22. The summed E-state index contributed by atoms with van der Waals surface area (Å²) in [5, 5.41) is 9.98. The number of phenolic OH excluding ortho intramolecular Hbond substituents is 1. The lowest BCUT2D eigenvalue weighted by atomic mass is 10.0. The summed E-state index contributed by atoms with van der Waals surface area (Å²) in [6.07, 6.45) is 1.51. The fourth-order valence-corrected chi connectivity index (χ4v) is 3.00. The first-order chi connectivity index (χ1) is 10.8. The van der Waals surface area contributed by atoms with Crippen LogP contribution < -0.4 is 0 Å². The largest absolute Gasteiger partial charge is 0.507 e. The Labute approximate surface area is 143 Å². The SMILES string of the molecule is COC(=O)C1=C(C)N(C(C)C)C(=O)/C1=C\c1cc(Br)ccc1O. The molecule has 122 valence electrons. The van der Waals surface area contributed by atoms with E-state index in [0.717, 1.165) is 4.47 Å². The Bertz CT molecular complexity index is 734. The van der Waals surface area contributed by atoms with Crippen molar-refractivity contribution >= 4 is 33.9 Å². The van der Waals surface area contributed by atoms with E-state index in [1.54, 1.807) is 24.0 Å².